The van der Waals surface area contributed by atoms with Crippen LogP contribution in [0.15, 0.2) is 36.5 Å². The van der Waals surface area contributed by atoms with Crippen molar-refractivity contribution in [2.24, 2.45) is 0 Å². The highest BCUT2D eigenvalue weighted by Crippen LogP contribution is 2.20. The van der Waals surface area contributed by atoms with Crippen molar-refractivity contribution in [3.05, 3.63) is 52.6 Å². The van der Waals surface area contributed by atoms with E-state index in [1.807, 2.05) is 29.0 Å². The quantitative estimate of drug-likeness (QED) is 0.855. The van der Waals surface area contributed by atoms with E-state index in [1.165, 1.54) is 5.56 Å². The predicted molar refractivity (Wildman–Crippen MR) is 79.5 cm³/mol. The minimum absolute atomic E-state index is 0.0677. The Labute approximate surface area is 119 Å². The van der Waals surface area contributed by atoms with Gasteiger partial charge < -0.3 is 9.72 Å². The van der Waals surface area contributed by atoms with E-state index < -0.39 is 0 Å². The first-order valence-corrected chi connectivity index (χ1v) is 6.79. The number of benzene rings is 1. The number of H-pyrrole nitrogens is 1. The van der Waals surface area contributed by atoms with Crippen LogP contribution in [0.5, 0.6) is 0 Å². The zero-order chi connectivity index (χ0) is 13.9. The average molecular weight is 276 g/mol. The molecule has 1 N–H and O–H groups in total. The monoisotopic (exact) mass is 276 g/mol. The molecule has 4 heteroatoms. The molecule has 0 saturated carbocycles. The van der Waals surface area contributed by atoms with E-state index >= 15 is 0 Å². The van der Waals surface area contributed by atoms with Crippen molar-refractivity contribution in [1.29, 1.82) is 0 Å². The van der Waals surface area contributed by atoms with Crippen LogP contribution >= 0.6 is 12.2 Å². The summed E-state index contributed by atoms with van der Waals surface area (Å²) in [7, 11) is 0. The number of nitrogens with one attached hydrogen (secondary N) is 1. The summed E-state index contributed by atoms with van der Waals surface area (Å²) in [6.07, 6.45) is 2.04. The molecule has 0 aliphatic rings. The lowest BCUT2D eigenvalue weighted by Crippen LogP contribution is -2.11. The Morgan fingerprint density at radius 2 is 1.89 bits per heavy atom. The molecular weight excluding hydrogens is 256 g/mol. The Balaban J connectivity index is 1.97. The normalized spacial score (nSPS) is 11.7. The zero-order valence-corrected chi connectivity index (χ0v) is 12.5. The fourth-order valence-corrected chi connectivity index (χ4v) is 1.96. The fourth-order valence-electron chi connectivity index (χ4n) is 1.75. The summed E-state index contributed by atoms with van der Waals surface area (Å²) in [6, 6.07) is 10.1. The molecule has 1 aromatic carbocycles. The van der Waals surface area contributed by atoms with Crippen LogP contribution in [0.2, 0.25) is 0 Å². The second kappa shape index (κ2) is 5.72. The first kappa shape index (κ1) is 14.0. The van der Waals surface area contributed by atoms with Crippen molar-refractivity contribution in [2.45, 2.75) is 39.5 Å². The van der Waals surface area contributed by atoms with E-state index in [0.717, 1.165) is 5.69 Å². The highest BCUT2D eigenvalue weighted by Gasteiger charge is 2.16. The number of hydrogen-bond acceptors (Lipinski definition) is 2. The third-order valence-corrected chi connectivity index (χ3v) is 3.27. The molecule has 0 aliphatic carbocycles. The summed E-state index contributed by atoms with van der Waals surface area (Å²) in [6.45, 7) is 7.53. The number of imidazole rings is 1. The predicted octanol–water partition coefficient (Wildman–Crippen LogP) is 4.02. The molecule has 0 atom stereocenters. The Kier molecular flexibility index (Phi) is 4.22. The molecule has 0 bridgehead atoms. The molecule has 3 nitrogen and oxygen atoms in total. The summed E-state index contributed by atoms with van der Waals surface area (Å²) < 4.78 is 8.32. The number of hydrogen-bond donors (Lipinski definition) is 1. The van der Waals surface area contributed by atoms with Crippen LogP contribution < -0.4 is 0 Å². The van der Waals surface area contributed by atoms with Crippen LogP contribution in [0, 0.1) is 4.77 Å². The highest BCUT2D eigenvalue weighted by molar-refractivity contribution is 7.71. The largest absolute Gasteiger partial charge is 0.356 e. The summed E-state index contributed by atoms with van der Waals surface area (Å²) in [4.78, 5) is 3.23. The lowest BCUT2D eigenvalue weighted by Gasteiger charge is -2.15. The van der Waals surface area contributed by atoms with Crippen molar-refractivity contribution in [3.63, 3.8) is 0 Å². The third-order valence-electron chi connectivity index (χ3n) is 2.94. The molecule has 0 amide bonds. The number of aromatic amines is 1. The molecular formula is C15H20N2OS. The van der Waals surface area contributed by atoms with Crippen molar-refractivity contribution in [3.8, 4) is 0 Å². The van der Waals surface area contributed by atoms with Crippen molar-refractivity contribution in [1.82, 2.24) is 9.55 Å². The molecule has 19 heavy (non-hydrogen) atoms. The van der Waals surface area contributed by atoms with Crippen LogP contribution in [0.25, 0.3) is 0 Å². The zero-order valence-electron chi connectivity index (χ0n) is 11.6. The van der Waals surface area contributed by atoms with Crippen molar-refractivity contribution >= 4 is 12.2 Å². The Morgan fingerprint density at radius 3 is 2.47 bits per heavy atom. The van der Waals surface area contributed by atoms with E-state index in [0.29, 0.717) is 18.1 Å². The van der Waals surface area contributed by atoms with Gasteiger partial charge in [0.1, 0.15) is 6.73 Å². The molecule has 2 rings (SSSR count). The third kappa shape index (κ3) is 3.78. The van der Waals surface area contributed by atoms with Gasteiger partial charge in [-0.15, -0.1) is 0 Å². The number of rotatable bonds is 4. The standard InChI is InChI=1S/C15H20N2OS/c1-15(2,3)13-9-17(14(19)16-13)11-18-10-12-7-5-4-6-8-12/h4-9H,10-11H2,1-3H3,(H,16,19). The molecule has 0 fully saturated rings. The van der Waals surface area contributed by atoms with Crippen LogP contribution in [-0.4, -0.2) is 9.55 Å². The maximum Gasteiger partial charge on any atom is 0.179 e. The second-order valence-corrected chi connectivity index (χ2v) is 6.04. The van der Waals surface area contributed by atoms with Gasteiger partial charge in [-0.25, -0.2) is 0 Å². The van der Waals surface area contributed by atoms with Gasteiger partial charge in [0.25, 0.3) is 0 Å². The topological polar surface area (TPSA) is 29.9 Å². The molecule has 102 valence electrons. The Hall–Kier alpha value is -1.39. The molecule has 0 radical (unpaired) electrons. The fraction of sp³-hybridized carbons (Fsp3) is 0.400. The summed E-state index contributed by atoms with van der Waals surface area (Å²) in [5.41, 5.74) is 2.36. The minimum Gasteiger partial charge on any atom is -0.356 e. The molecule has 0 saturated heterocycles. The van der Waals surface area contributed by atoms with E-state index in [-0.39, 0.29) is 5.41 Å². The van der Waals surface area contributed by atoms with Crippen LogP contribution in [0.3, 0.4) is 0 Å². The van der Waals surface area contributed by atoms with Gasteiger partial charge in [0.15, 0.2) is 4.77 Å². The van der Waals surface area contributed by atoms with Gasteiger partial charge >= 0.3 is 0 Å². The van der Waals surface area contributed by atoms with Gasteiger partial charge in [-0.3, -0.25) is 4.57 Å². The molecule has 2 aromatic rings. The van der Waals surface area contributed by atoms with E-state index in [2.05, 4.69) is 37.9 Å². The van der Waals surface area contributed by atoms with Crippen molar-refractivity contribution < 1.29 is 4.74 Å². The van der Waals surface area contributed by atoms with Gasteiger partial charge in [0.2, 0.25) is 0 Å². The molecule has 1 aromatic heterocycles. The number of ether oxygens (including phenoxy) is 1. The number of nitrogens with zero attached hydrogens (tertiary/aromatic N) is 1. The SMILES string of the molecule is CC(C)(C)c1cn(COCc2ccccc2)c(=S)[nH]1. The number of aromatic nitrogens is 2. The molecule has 1 heterocycles. The van der Waals surface area contributed by atoms with E-state index in [9.17, 15) is 0 Å². The minimum atomic E-state index is 0.0677. The van der Waals surface area contributed by atoms with Gasteiger partial charge in [0.05, 0.1) is 6.61 Å². The second-order valence-electron chi connectivity index (χ2n) is 5.66. The van der Waals surface area contributed by atoms with Gasteiger partial charge in [-0.1, -0.05) is 51.1 Å². The lowest BCUT2D eigenvalue weighted by molar-refractivity contribution is 0.0630. The summed E-state index contributed by atoms with van der Waals surface area (Å²) in [5, 5.41) is 0. The highest BCUT2D eigenvalue weighted by atomic mass is 32.1. The Bertz CT molecular complexity index is 578. The van der Waals surface area contributed by atoms with Gasteiger partial charge in [-0.2, -0.15) is 0 Å². The molecule has 0 aliphatic heterocycles. The molecule has 0 unspecified atom stereocenters. The smallest absolute Gasteiger partial charge is 0.179 e. The van der Waals surface area contributed by atoms with E-state index in [4.69, 9.17) is 17.0 Å². The average Bonchev–Trinajstić information content (AvgIpc) is 2.72. The lowest BCUT2D eigenvalue weighted by atomic mass is 9.93. The van der Waals surface area contributed by atoms with Gasteiger partial charge in [0, 0.05) is 17.3 Å². The molecule has 0 spiro atoms. The van der Waals surface area contributed by atoms with E-state index in [1.54, 1.807) is 0 Å². The van der Waals surface area contributed by atoms with Gasteiger partial charge in [-0.05, 0) is 17.8 Å². The van der Waals surface area contributed by atoms with Crippen LogP contribution in [-0.2, 0) is 23.5 Å². The first-order valence-electron chi connectivity index (χ1n) is 6.38. The summed E-state index contributed by atoms with van der Waals surface area (Å²) in [5.74, 6) is 0. The van der Waals surface area contributed by atoms with Crippen molar-refractivity contribution in [2.75, 3.05) is 0 Å². The first-order chi connectivity index (χ1) is 8.97. The maximum absolute atomic E-state index is 5.69. The van der Waals surface area contributed by atoms with Crippen LogP contribution in [0.4, 0.5) is 0 Å². The van der Waals surface area contributed by atoms with Crippen LogP contribution in [0.1, 0.15) is 32.0 Å². The summed E-state index contributed by atoms with van der Waals surface area (Å²) >= 11 is 5.30. The maximum atomic E-state index is 5.69. The Morgan fingerprint density at radius 1 is 1.21 bits per heavy atom.